The van der Waals surface area contributed by atoms with Crippen LogP contribution in [0.25, 0.3) is 0 Å². The van der Waals surface area contributed by atoms with Crippen LogP contribution in [-0.4, -0.2) is 50.6 Å². The highest BCUT2D eigenvalue weighted by Crippen LogP contribution is 2.20. The van der Waals surface area contributed by atoms with E-state index in [1.807, 2.05) is 32.8 Å². The van der Waals surface area contributed by atoms with Gasteiger partial charge in [0, 0.05) is 18.2 Å². The van der Waals surface area contributed by atoms with Crippen LogP contribution in [0.15, 0.2) is 15.4 Å². The molecular formula is C12H20N2O5S. The lowest BCUT2D eigenvalue weighted by Gasteiger charge is -2.32. The molecule has 0 spiro atoms. The average molecular weight is 304 g/mol. The molecule has 0 aliphatic heterocycles. The number of aryl methyl sites for hydroxylation is 1. The van der Waals surface area contributed by atoms with E-state index in [2.05, 4.69) is 4.72 Å². The molecule has 0 aromatic carbocycles. The number of sulfonamides is 1. The molecule has 0 bridgehead atoms. The molecule has 1 rings (SSSR count). The fraction of sp³-hybridized carbons (Fsp3) is 0.583. The molecule has 0 unspecified atom stereocenters. The molecule has 114 valence electrons. The van der Waals surface area contributed by atoms with Crippen molar-refractivity contribution in [3.63, 3.8) is 0 Å². The maximum absolute atomic E-state index is 12.2. The van der Waals surface area contributed by atoms with E-state index in [1.165, 1.54) is 6.92 Å². The summed E-state index contributed by atoms with van der Waals surface area (Å²) in [6.07, 6.45) is 0. The zero-order valence-electron chi connectivity index (χ0n) is 12.2. The third-order valence-electron chi connectivity index (χ3n) is 3.28. The van der Waals surface area contributed by atoms with Gasteiger partial charge in [-0.05, 0) is 34.9 Å². The number of nitrogens with zero attached hydrogens (tertiary/aromatic N) is 1. The Morgan fingerprint density at radius 3 is 2.40 bits per heavy atom. The molecule has 0 aliphatic rings. The van der Waals surface area contributed by atoms with Gasteiger partial charge in [0.1, 0.15) is 10.7 Å². The molecule has 0 atom stereocenters. The van der Waals surface area contributed by atoms with Gasteiger partial charge in [-0.1, -0.05) is 0 Å². The van der Waals surface area contributed by atoms with Gasteiger partial charge in [0.15, 0.2) is 0 Å². The Morgan fingerprint density at radius 1 is 1.45 bits per heavy atom. The molecule has 1 aromatic rings. The second-order valence-corrected chi connectivity index (χ2v) is 7.10. The van der Waals surface area contributed by atoms with Crippen molar-refractivity contribution in [1.29, 1.82) is 0 Å². The second kappa shape index (κ2) is 5.55. The Labute approximate surface area is 118 Å². The van der Waals surface area contributed by atoms with Gasteiger partial charge in [0.05, 0.1) is 0 Å². The highest BCUT2D eigenvalue weighted by Gasteiger charge is 2.27. The van der Waals surface area contributed by atoms with Gasteiger partial charge in [-0.2, -0.15) is 0 Å². The number of rotatable bonds is 6. The minimum atomic E-state index is -3.80. The van der Waals surface area contributed by atoms with Crippen molar-refractivity contribution in [3.05, 3.63) is 17.6 Å². The van der Waals surface area contributed by atoms with Crippen LogP contribution in [0.5, 0.6) is 0 Å². The van der Waals surface area contributed by atoms with Crippen LogP contribution in [0, 0.1) is 6.92 Å². The van der Waals surface area contributed by atoms with E-state index in [0.717, 1.165) is 6.07 Å². The van der Waals surface area contributed by atoms with Crippen molar-refractivity contribution in [2.24, 2.45) is 0 Å². The van der Waals surface area contributed by atoms with Crippen LogP contribution in [0.2, 0.25) is 0 Å². The molecule has 0 amide bonds. The molecule has 2 N–H and O–H groups in total. The lowest BCUT2D eigenvalue weighted by Crippen LogP contribution is -2.48. The minimum Gasteiger partial charge on any atom is -0.475 e. The third kappa shape index (κ3) is 3.59. The molecule has 0 saturated carbocycles. The summed E-state index contributed by atoms with van der Waals surface area (Å²) in [6, 6.07) is 1.02. The molecule has 0 fully saturated rings. The standard InChI is InChI=1S/C12H20N2O5S/c1-8-10(6-9(19-8)11(15)16)20(17,18)13-7-12(2,3)14(4)5/h6,13H,7H2,1-5H3,(H,15,16). The first-order valence-corrected chi connectivity index (χ1v) is 7.46. The van der Waals surface area contributed by atoms with Crippen LogP contribution in [0.4, 0.5) is 0 Å². The van der Waals surface area contributed by atoms with Crippen molar-refractivity contribution in [1.82, 2.24) is 9.62 Å². The van der Waals surface area contributed by atoms with E-state index in [1.54, 1.807) is 0 Å². The normalized spacial score (nSPS) is 12.9. The predicted octanol–water partition coefficient (Wildman–Crippen LogP) is 0.905. The van der Waals surface area contributed by atoms with E-state index < -0.39 is 21.8 Å². The van der Waals surface area contributed by atoms with Crippen LogP contribution < -0.4 is 4.72 Å². The fourth-order valence-electron chi connectivity index (χ4n) is 1.35. The zero-order valence-corrected chi connectivity index (χ0v) is 13.0. The van der Waals surface area contributed by atoms with Gasteiger partial charge in [-0.25, -0.2) is 17.9 Å². The van der Waals surface area contributed by atoms with Crippen LogP contribution in [0.1, 0.15) is 30.2 Å². The van der Waals surface area contributed by atoms with E-state index in [0.29, 0.717) is 0 Å². The first-order valence-electron chi connectivity index (χ1n) is 5.98. The molecular weight excluding hydrogens is 284 g/mol. The maximum Gasteiger partial charge on any atom is 0.371 e. The Morgan fingerprint density at radius 2 is 2.00 bits per heavy atom. The Kier molecular flexibility index (Phi) is 4.62. The zero-order chi connectivity index (χ0) is 15.7. The van der Waals surface area contributed by atoms with Gasteiger partial charge in [0.25, 0.3) is 0 Å². The summed E-state index contributed by atoms with van der Waals surface area (Å²) in [5.41, 5.74) is -0.375. The van der Waals surface area contributed by atoms with Gasteiger partial charge < -0.3 is 14.4 Å². The van der Waals surface area contributed by atoms with Crippen molar-refractivity contribution in [2.75, 3.05) is 20.6 Å². The lowest BCUT2D eigenvalue weighted by atomic mass is 10.1. The van der Waals surface area contributed by atoms with Gasteiger partial charge in [-0.3, -0.25) is 0 Å². The molecule has 0 aliphatic carbocycles. The first kappa shape index (κ1) is 16.7. The number of hydrogen-bond acceptors (Lipinski definition) is 5. The molecule has 0 radical (unpaired) electrons. The van der Waals surface area contributed by atoms with Gasteiger partial charge in [-0.15, -0.1) is 0 Å². The Bertz CT molecular complexity index is 601. The predicted molar refractivity (Wildman–Crippen MR) is 73.4 cm³/mol. The smallest absolute Gasteiger partial charge is 0.371 e. The van der Waals surface area contributed by atoms with Crippen molar-refractivity contribution in [2.45, 2.75) is 31.2 Å². The van der Waals surface area contributed by atoms with Crippen molar-refractivity contribution >= 4 is 16.0 Å². The van der Waals surface area contributed by atoms with Crippen LogP contribution >= 0.6 is 0 Å². The summed E-state index contributed by atoms with van der Waals surface area (Å²) in [5.74, 6) is -1.64. The topological polar surface area (TPSA) is 99.8 Å². The summed E-state index contributed by atoms with van der Waals surface area (Å²) >= 11 is 0. The number of hydrogen-bond donors (Lipinski definition) is 2. The summed E-state index contributed by atoms with van der Waals surface area (Å²) in [6.45, 7) is 5.38. The lowest BCUT2D eigenvalue weighted by molar-refractivity contribution is 0.0661. The molecule has 7 nitrogen and oxygen atoms in total. The number of carboxylic acids is 1. The highest BCUT2D eigenvalue weighted by atomic mass is 32.2. The number of nitrogens with one attached hydrogen (secondary N) is 1. The Hall–Kier alpha value is -1.38. The highest BCUT2D eigenvalue weighted by molar-refractivity contribution is 7.89. The quantitative estimate of drug-likeness (QED) is 0.810. The van der Waals surface area contributed by atoms with E-state index in [4.69, 9.17) is 9.52 Å². The van der Waals surface area contributed by atoms with Gasteiger partial charge in [0.2, 0.25) is 15.8 Å². The number of furan rings is 1. The monoisotopic (exact) mass is 304 g/mol. The maximum atomic E-state index is 12.2. The van der Waals surface area contributed by atoms with E-state index in [9.17, 15) is 13.2 Å². The van der Waals surface area contributed by atoms with E-state index in [-0.39, 0.29) is 22.7 Å². The molecule has 8 heteroatoms. The number of aromatic carboxylic acids is 1. The largest absolute Gasteiger partial charge is 0.475 e. The average Bonchev–Trinajstić information content (AvgIpc) is 2.70. The molecule has 1 aromatic heterocycles. The van der Waals surface area contributed by atoms with Crippen molar-refractivity contribution < 1.29 is 22.7 Å². The SMILES string of the molecule is Cc1oc(C(=O)O)cc1S(=O)(=O)NCC(C)(C)N(C)C. The number of carbonyl (C=O) groups is 1. The number of likely N-dealkylation sites (N-methyl/N-ethyl adjacent to an activating group) is 1. The molecule has 0 saturated heterocycles. The summed E-state index contributed by atoms with van der Waals surface area (Å²) in [4.78, 5) is 12.5. The fourth-order valence-corrected chi connectivity index (χ4v) is 2.73. The van der Waals surface area contributed by atoms with Crippen LogP contribution in [-0.2, 0) is 10.0 Å². The minimum absolute atomic E-state index is 0.0533. The van der Waals surface area contributed by atoms with Crippen LogP contribution in [0.3, 0.4) is 0 Å². The number of carboxylic acid groups (broad SMARTS) is 1. The molecule has 20 heavy (non-hydrogen) atoms. The van der Waals surface area contributed by atoms with E-state index >= 15 is 0 Å². The third-order valence-corrected chi connectivity index (χ3v) is 4.79. The second-order valence-electron chi connectivity index (χ2n) is 5.37. The Balaban J connectivity index is 2.98. The summed E-state index contributed by atoms with van der Waals surface area (Å²) in [7, 11) is -0.110. The summed E-state index contributed by atoms with van der Waals surface area (Å²) < 4.78 is 31.7. The first-order chi connectivity index (χ1) is 8.97. The van der Waals surface area contributed by atoms with Gasteiger partial charge >= 0.3 is 5.97 Å². The molecule has 1 heterocycles. The summed E-state index contributed by atoms with van der Waals surface area (Å²) in [5, 5.41) is 8.80. The van der Waals surface area contributed by atoms with Crippen molar-refractivity contribution in [3.8, 4) is 0 Å².